The molecule has 0 aliphatic carbocycles. The minimum atomic E-state index is -0.745. The molecule has 0 radical (unpaired) electrons. The van der Waals surface area contributed by atoms with Crippen LogP contribution in [0, 0.1) is 6.92 Å². The second-order valence-corrected chi connectivity index (χ2v) is 5.65. The van der Waals surface area contributed by atoms with E-state index in [4.69, 9.17) is 0 Å². The Morgan fingerprint density at radius 2 is 1.80 bits per heavy atom. The number of hydrogen-bond donors (Lipinski definition) is 3. The van der Waals surface area contributed by atoms with Crippen molar-refractivity contribution in [2.75, 3.05) is 13.6 Å². The first-order chi connectivity index (χ1) is 12.0. The summed E-state index contributed by atoms with van der Waals surface area (Å²) in [5.41, 5.74) is 3.15. The van der Waals surface area contributed by atoms with Crippen LogP contribution in [0.4, 0.5) is 0 Å². The maximum Gasteiger partial charge on any atom is 0.251 e. The van der Waals surface area contributed by atoms with Crippen molar-refractivity contribution in [1.82, 2.24) is 10.6 Å². The molecular formula is C20H22N2O3. The van der Waals surface area contributed by atoms with Crippen LogP contribution in [0.15, 0.2) is 54.6 Å². The van der Waals surface area contributed by atoms with E-state index in [-0.39, 0.29) is 18.4 Å². The van der Waals surface area contributed by atoms with Gasteiger partial charge in [-0.2, -0.15) is 0 Å². The number of carbonyl (C=O) groups is 2. The molecule has 5 nitrogen and oxygen atoms in total. The van der Waals surface area contributed by atoms with Crippen molar-refractivity contribution in [2.24, 2.45) is 0 Å². The quantitative estimate of drug-likeness (QED) is 0.707. The molecule has 5 heteroatoms. The second-order valence-electron chi connectivity index (χ2n) is 5.65. The van der Waals surface area contributed by atoms with Gasteiger partial charge in [0.15, 0.2) is 0 Å². The van der Waals surface area contributed by atoms with E-state index in [9.17, 15) is 14.7 Å². The lowest BCUT2D eigenvalue weighted by Gasteiger charge is -2.13. The molecule has 1 unspecified atom stereocenters. The van der Waals surface area contributed by atoms with Gasteiger partial charge in [0, 0.05) is 25.2 Å². The maximum absolute atomic E-state index is 11.9. The molecule has 2 aromatic carbocycles. The molecular weight excluding hydrogens is 316 g/mol. The van der Waals surface area contributed by atoms with Gasteiger partial charge in [-0.25, -0.2) is 0 Å². The molecule has 25 heavy (non-hydrogen) atoms. The Morgan fingerprint density at radius 1 is 1.12 bits per heavy atom. The molecule has 1 atom stereocenters. The van der Waals surface area contributed by atoms with Crippen molar-refractivity contribution in [3.8, 4) is 0 Å². The molecule has 0 fully saturated rings. The number of carbonyl (C=O) groups excluding carboxylic acids is 2. The van der Waals surface area contributed by atoms with Gasteiger partial charge in [-0.15, -0.1) is 0 Å². The fourth-order valence-corrected chi connectivity index (χ4v) is 2.39. The zero-order chi connectivity index (χ0) is 18.2. The monoisotopic (exact) mass is 338 g/mol. The van der Waals surface area contributed by atoms with Gasteiger partial charge in [0.2, 0.25) is 5.91 Å². The molecule has 2 rings (SSSR count). The fourth-order valence-electron chi connectivity index (χ4n) is 2.39. The zero-order valence-corrected chi connectivity index (χ0v) is 14.3. The van der Waals surface area contributed by atoms with Crippen LogP contribution in [-0.2, 0) is 4.79 Å². The molecule has 3 N–H and O–H groups in total. The van der Waals surface area contributed by atoms with Crippen LogP contribution in [0.2, 0.25) is 0 Å². The molecule has 0 saturated heterocycles. The molecule has 0 spiro atoms. The van der Waals surface area contributed by atoms with E-state index in [1.807, 2.05) is 31.2 Å². The highest BCUT2D eigenvalue weighted by Gasteiger charge is 2.10. The molecule has 0 heterocycles. The number of hydrogen-bond acceptors (Lipinski definition) is 3. The fraction of sp³-hybridized carbons (Fsp3) is 0.200. The van der Waals surface area contributed by atoms with E-state index in [0.717, 1.165) is 16.7 Å². The highest BCUT2D eigenvalue weighted by molar-refractivity contribution is 5.94. The Kier molecular flexibility index (Phi) is 6.48. The Morgan fingerprint density at radius 3 is 2.44 bits per heavy atom. The van der Waals surface area contributed by atoms with E-state index in [1.54, 1.807) is 37.4 Å². The lowest BCUT2D eigenvalue weighted by atomic mass is 10.0. The van der Waals surface area contributed by atoms with Crippen molar-refractivity contribution in [3.63, 3.8) is 0 Å². The molecule has 0 saturated carbocycles. The summed E-state index contributed by atoms with van der Waals surface area (Å²) in [6, 6.07) is 14.4. The zero-order valence-electron chi connectivity index (χ0n) is 14.3. The number of aliphatic hydroxyl groups excluding tert-OH is 1. The van der Waals surface area contributed by atoms with Gasteiger partial charge in [0.05, 0.1) is 6.10 Å². The van der Waals surface area contributed by atoms with Gasteiger partial charge >= 0.3 is 0 Å². The summed E-state index contributed by atoms with van der Waals surface area (Å²) < 4.78 is 0. The summed E-state index contributed by atoms with van der Waals surface area (Å²) in [6.45, 7) is 2.06. The largest absolute Gasteiger partial charge is 0.387 e. The average Bonchev–Trinajstić information content (AvgIpc) is 2.64. The van der Waals surface area contributed by atoms with E-state index in [2.05, 4.69) is 10.6 Å². The van der Waals surface area contributed by atoms with Crippen LogP contribution < -0.4 is 10.6 Å². The predicted molar refractivity (Wildman–Crippen MR) is 98.0 cm³/mol. The van der Waals surface area contributed by atoms with Crippen molar-refractivity contribution < 1.29 is 14.7 Å². The van der Waals surface area contributed by atoms with E-state index in [1.165, 1.54) is 6.08 Å². The van der Waals surface area contributed by atoms with Crippen molar-refractivity contribution >= 4 is 17.9 Å². The highest BCUT2D eigenvalue weighted by atomic mass is 16.3. The van der Waals surface area contributed by atoms with Crippen LogP contribution in [0.5, 0.6) is 0 Å². The standard InChI is InChI=1S/C20H22N2O3/c1-14-5-3-4-6-17(14)18(23)13-22-19(24)12-9-15-7-10-16(11-8-15)20(25)21-2/h3-12,18,23H,13H2,1-2H3,(H,21,25)(H,22,24)/b12-9+. The van der Waals surface area contributed by atoms with E-state index in [0.29, 0.717) is 5.56 Å². The average molecular weight is 338 g/mol. The summed E-state index contributed by atoms with van der Waals surface area (Å²) in [6.07, 6.45) is 2.31. The maximum atomic E-state index is 11.9. The topological polar surface area (TPSA) is 78.4 Å². The SMILES string of the molecule is CNC(=O)c1ccc(/C=C/C(=O)NCC(O)c2ccccc2C)cc1. The van der Waals surface area contributed by atoms with Gasteiger partial charge in [-0.05, 0) is 41.8 Å². The van der Waals surface area contributed by atoms with Crippen LogP contribution in [0.1, 0.15) is 33.2 Å². The van der Waals surface area contributed by atoms with Gasteiger partial charge in [-0.1, -0.05) is 36.4 Å². The number of aliphatic hydroxyl groups is 1. The lowest BCUT2D eigenvalue weighted by Crippen LogP contribution is -2.26. The Bertz CT molecular complexity index is 767. The van der Waals surface area contributed by atoms with Crippen LogP contribution in [-0.4, -0.2) is 30.5 Å². The number of benzene rings is 2. The van der Waals surface area contributed by atoms with Crippen LogP contribution >= 0.6 is 0 Å². The number of nitrogens with one attached hydrogen (secondary N) is 2. The molecule has 130 valence electrons. The summed E-state index contributed by atoms with van der Waals surface area (Å²) in [5.74, 6) is -0.443. The lowest BCUT2D eigenvalue weighted by molar-refractivity contribution is -0.116. The van der Waals surface area contributed by atoms with E-state index < -0.39 is 6.10 Å². The van der Waals surface area contributed by atoms with Gasteiger partial charge in [-0.3, -0.25) is 9.59 Å². The third-order valence-electron chi connectivity index (χ3n) is 3.84. The summed E-state index contributed by atoms with van der Waals surface area (Å²) in [5, 5.41) is 15.4. The molecule has 2 amide bonds. The van der Waals surface area contributed by atoms with Crippen molar-refractivity contribution in [1.29, 1.82) is 0 Å². The van der Waals surface area contributed by atoms with Crippen molar-refractivity contribution in [3.05, 3.63) is 76.9 Å². The minimum Gasteiger partial charge on any atom is -0.387 e. The first-order valence-corrected chi connectivity index (χ1v) is 8.03. The summed E-state index contributed by atoms with van der Waals surface area (Å²) in [7, 11) is 1.58. The third-order valence-corrected chi connectivity index (χ3v) is 3.84. The molecule has 0 bridgehead atoms. The number of aryl methyl sites for hydroxylation is 1. The van der Waals surface area contributed by atoms with Gasteiger partial charge in [0.1, 0.15) is 0 Å². The molecule has 0 aliphatic heterocycles. The first-order valence-electron chi connectivity index (χ1n) is 8.03. The third kappa shape index (κ3) is 5.29. The number of rotatable bonds is 6. The Hall–Kier alpha value is -2.92. The van der Waals surface area contributed by atoms with Crippen LogP contribution in [0.3, 0.4) is 0 Å². The highest BCUT2D eigenvalue weighted by Crippen LogP contribution is 2.16. The van der Waals surface area contributed by atoms with E-state index >= 15 is 0 Å². The molecule has 0 aliphatic rings. The summed E-state index contributed by atoms with van der Waals surface area (Å²) in [4.78, 5) is 23.3. The molecule has 2 aromatic rings. The van der Waals surface area contributed by atoms with Gasteiger partial charge in [0.25, 0.3) is 5.91 Å². The second kappa shape index (κ2) is 8.80. The normalized spacial score (nSPS) is 12.0. The summed E-state index contributed by atoms with van der Waals surface area (Å²) >= 11 is 0. The van der Waals surface area contributed by atoms with Crippen LogP contribution in [0.25, 0.3) is 6.08 Å². The Labute approximate surface area is 147 Å². The Balaban J connectivity index is 1.88. The molecule has 0 aromatic heterocycles. The number of amides is 2. The smallest absolute Gasteiger partial charge is 0.251 e. The van der Waals surface area contributed by atoms with Gasteiger partial charge < -0.3 is 15.7 Å². The minimum absolute atomic E-state index is 0.142. The first kappa shape index (κ1) is 18.4. The predicted octanol–water partition coefficient (Wildman–Crippen LogP) is 2.22. The van der Waals surface area contributed by atoms with Crippen molar-refractivity contribution in [2.45, 2.75) is 13.0 Å².